The van der Waals surface area contributed by atoms with E-state index in [2.05, 4.69) is 36.4 Å². The summed E-state index contributed by atoms with van der Waals surface area (Å²) >= 11 is 0. The van der Waals surface area contributed by atoms with Gasteiger partial charge in [0.25, 0.3) is 0 Å². The Kier molecular flexibility index (Phi) is 3.99. The molecule has 182 valence electrons. The van der Waals surface area contributed by atoms with E-state index in [0.29, 0.717) is 11.5 Å². The molecule has 5 aromatic carbocycles. The van der Waals surface area contributed by atoms with E-state index in [4.69, 9.17) is 23.2 Å². The summed E-state index contributed by atoms with van der Waals surface area (Å²) in [5.74, 6) is 0.536. The summed E-state index contributed by atoms with van der Waals surface area (Å²) in [6.07, 6.45) is 0. The van der Waals surface area contributed by atoms with Crippen molar-refractivity contribution in [3.8, 4) is 22.6 Å². The van der Waals surface area contributed by atoms with E-state index < -0.39 is 0 Å². The summed E-state index contributed by atoms with van der Waals surface area (Å²) in [6.45, 7) is 0. The van der Waals surface area contributed by atoms with Gasteiger partial charge in [-0.3, -0.25) is 0 Å². The van der Waals surface area contributed by atoms with Gasteiger partial charge in [0.1, 0.15) is 27.9 Å². The number of fused-ring (bicyclic) bond motifs is 9. The highest BCUT2D eigenvalue weighted by Crippen LogP contribution is 2.42. The third-order valence-electron chi connectivity index (χ3n) is 7.54. The smallest absolute Gasteiger partial charge is 0.231 e. The van der Waals surface area contributed by atoms with Crippen LogP contribution in [-0.2, 0) is 0 Å². The quantitative estimate of drug-likeness (QED) is 0.235. The Morgan fingerprint density at radius 2 is 0.923 bits per heavy atom. The Morgan fingerprint density at radius 1 is 0.410 bits per heavy atom. The van der Waals surface area contributed by atoms with E-state index >= 15 is 0 Å². The van der Waals surface area contributed by atoms with Crippen LogP contribution in [0.5, 0.6) is 0 Å². The van der Waals surface area contributed by atoms with Gasteiger partial charge < -0.3 is 13.3 Å². The third kappa shape index (κ3) is 2.84. The average molecular weight is 503 g/mol. The molecule has 0 bridgehead atoms. The molecule has 9 rings (SSSR count). The largest absolute Gasteiger partial charge is 0.455 e. The van der Waals surface area contributed by atoms with Crippen molar-refractivity contribution < 1.29 is 13.3 Å². The third-order valence-corrected chi connectivity index (χ3v) is 7.54. The first-order valence-electron chi connectivity index (χ1n) is 12.8. The van der Waals surface area contributed by atoms with Gasteiger partial charge in [-0.05, 0) is 30.3 Å². The predicted octanol–water partition coefficient (Wildman–Crippen LogP) is 9.51. The van der Waals surface area contributed by atoms with E-state index in [1.807, 2.05) is 72.8 Å². The average Bonchev–Trinajstić information content (AvgIpc) is 3.67. The Bertz CT molecular complexity index is 2410. The van der Waals surface area contributed by atoms with Crippen LogP contribution in [0.4, 0.5) is 0 Å². The standard InChI is InChI=1S/C34H18N2O3/c1-4-16-26-19(9-1)21-12-7-14-24(31(21)37-26)30-29-23-11-3-6-18-28(23)39-34(29)36-33(35-30)25-15-8-13-22-20-10-2-5-17-27(20)38-32(22)25/h1-18H. The molecule has 0 atom stereocenters. The number of hydrogen-bond donors (Lipinski definition) is 0. The number of hydrogen-bond acceptors (Lipinski definition) is 5. The molecule has 9 aromatic rings. The lowest BCUT2D eigenvalue weighted by atomic mass is 10.0. The summed E-state index contributed by atoms with van der Waals surface area (Å²) in [4.78, 5) is 10.2. The highest BCUT2D eigenvalue weighted by Gasteiger charge is 2.23. The molecule has 5 nitrogen and oxygen atoms in total. The van der Waals surface area contributed by atoms with Crippen LogP contribution in [0.3, 0.4) is 0 Å². The van der Waals surface area contributed by atoms with Crippen LogP contribution in [0, 0.1) is 0 Å². The minimum absolute atomic E-state index is 0.525. The molecular weight excluding hydrogens is 484 g/mol. The van der Waals surface area contributed by atoms with Crippen molar-refractivity contribution in [1.29, 1.82) is 0 Å². The lowest BCUT2D eigenvalue weighted by Crippen LogP contribution is -1.94. The zero-order valence-corrected chi connectivity index (χ0v) is 20.5. The highest BCUT2D eigenvalue weighted by molar-refractivity contribution is 6.16. The molecular formula is C34H18N2O3. The van der Waals surface area contributed by atoms with Gasteiger partial charge in [-0.15, -0.1) is 0 Å². The van der Waals surface area contributed by atoms with Gasteiger partial charge in [-0.1, -0.05) is 78.9 Å². The molecule has 0 aliphatic rings. The molecule has 39 heavy (non-hydrogen) atoms. The number of rotatable bonds is 2. The van der Waals surface area contributed by atoms with Crippen molar-refractivity contribution in [1.82, 2.24) is 9.97 Å². The lowest BCUT2D eigenvalue weighted by molar-refractivity contribution is 0.653. The van der Waals surface area contributed by atoms with Crippen molar-refractivity contribution in [3.05, 3.63) is 109 Å². The van der Waals surface area contributed by atoms with E-state index in [1.54, 1.807) is 0 Å². The molecule has 0 saturated carbocycles. The molecule has 0 aliphatic carbocycles. The maximum Gasteiger partial charge on any atom is 0.231 e. The van der Waals surface area contributed by atoms with Crippen molar-refractivity contribution >= 4 is 65.9 Å². The Hall–Kier alpha value is -5.42. The van der Waals surface area contributed by atoms with Crippen molar-refractivity contribution in [3.63, 3.8) is 0 Å². The fourth-order valence-electron chi connectivity index (χ4n) is 5.80. The second-order valence-corrected chi connectivity index (χ2v) is 9.74. The Morgan fingerprint density at radius 3 is 1.59 bits per heavy atom. The molecule has 0 N–H and O–H groups in total. The molecule has 5 heteroatoms. The molecule has 4 heterocycles. The molecule has 0 amide bonds. The highest BCUT2D eigenvalue weighted by atomic mass is 16.3. The molecule has 0 radical (unpaired) electrons. The number of para-hydroxylation sites is 5. The first-order valence-corrected chi connectivity index (χ1v) is 12.8. The van der Waals surface area contributed by atoms with Crippen molar-refractivity contribution in [2.24, 2.45) is 0 Å². The lowest BCUT2D eigenvalue weighted by Gasteiger charge is -2.08. The monoisotopic (exact) mass is 502 g/mol. The van der Waals surface area contributed by atoms with Crippen LogP contribution in [0.1, 0.15) is 0 Å². The molecule has 0 saturated heterocycles. The minimum Gasteiger partial charge on any atom is -0.455 e. The number of nitrogens with zero attached hydrogens (tertiary/aromatic N) is 2. The maximum absolute atomic E-state index is 6.42. The van der Waals surface area contributed by atoms with E-state index in [9.17, 15) is 0 Å². The van der Waals surface area contributed by atoms with E-state index in [1.165, 1.54) is 0 Å². The van der Waals surface area contributed by atoms with Gasteiger partial charge in [0.2, 0.25) is 5.71 Å². The zero-order valence-electron chi connectivity index (χ0n) is 20.5. The van der Waals surface area contributed by atoms with Crippen molar-refractivity contribution in [2.45, 2.75) is 0 Å². The van der Waals surface area contributed by atoms with Crippen LogP contribution in [0.25, 0.3) is 88.6 Å². The maximum atomic E-state index is 6.42. The Labute approximate surface area is 220 Å². The van der Waals surface area contributed by atoms with Gasteiger partial charge >= 0.3 is 0 Å². The number of aromatic nitrogens is 2. The summed E-state index contributed by atoms with van der Waals surface area (Å²) in [5, 5.41) is 6.03. The predicted molar refractivity (Wildman–Crippen MR) is 155 cm³/mol. The van der Waals surface area contributed by atoms with Crippen LogP contribution in [-0.4, -0.2) is 9.97 Å². The van der Waals surface area contributed by atoms with E-state index in [-0.39, 0.29) is 0 Å². The van der Waals surface area contributed by atoms with Crippen LogP contribution >= 0.6 is 0 Å². The van der Waals surface area contributed by atoms with Crippen LogP contribution in [0.2, 0.25) is 0 Å². The minimum atomic E-state index is 0.525. The van der Waals surface area contributed by atoms with Gasteiger partial charge in [0, 0.05) is 32.5 Å². The van der Waals surface area contributed by atoms with Crippen molar-refractivity contribution in [2.75, 3.05) is 0 Å². The van der Waals surface area contributed by atoms with Gasteiger partial charge in [-0.25, -0.2) is 4.98 Å². The zero-order chi connectivity index (χ0) is 25.5. The summed E-state index contributed by atoms with van der Waals surface area (Å²) in [7, 11) is 0. The fourth-order valence-corrected chi connectivity index (χ4v) is 5.80. The first-order chi connectivity index (χ1) is 19.3. The molecule has 0 fully saturated rings. The molecule has 0 spiro atoms. The fraction of sp³-hybridized carbons (Fsp3) is 0. The summed E-state index contributed by atoms with van der Waals surface area (Å²) in [5.41, 5.74) is 6.96. The normalized spacial score (nSPS) is 12.1. The number of furan rings is 3. The first kappa shape index (κ1) is 20.6. The van der Waals surface area contributed by atoms with Crippen LogP contribution in [0.15, 0.2) is 122 Å². The second-order valence-electron chi connectivity index (χ2n) is 9.74. The molecule has 4 aromatic heterocycles. The molecule has 0 unspecified atom stereocenters. The Balaban J connectivity index is 1.42. The van der Waals surface area contributed by atoms with Gasteiger partial charge in [0.05, 0.1) is 16.6 Å². The second kappa shape index (κ2) is 7.55. The topological polar surface area (TPSA) is 65.2 Å². The van der Waals surface area contributed by atoms with E-state index in [0.717, 1.165) is 77.1 Å². The molecule has 0 aliphatic heterocycles. The van der Waals surface area contributed by atoms with Crippen LogP contribution < -0.4 is 0 Å². The SMILES string of the molecule is c1ccc2c(c1)oc1c(-c3nc(-c4cccc5c4oc4ccccc45)c4c(n3)oc3ccccc34)cccc12. The van der Waals surface area contributed by atoms with Gasteiger partial charge in [-0.2, -0.15) is 4.98 Å². The van der Waals surface area contributed by atoms with Gasteiger partial charge in [0.15, 0.2) is 5.82 Å². The number of benzene rings is 5. The summed E-state index contributed by atoms with van der Waals surface area (Å²) < 4.78 is 19.1. The summed E-state index contributed by atoms with van der Waals surface area (Å²) in [6, 6.07) is 36.4.